The van der Waals surface area contributed by atoms with E-state index in [9.17, 15) is 8.78 Å². The molecule has 2 aliphatic rings. The predicted octanol–water partition coefficient (Wildman–Crippen LogP) is 10.6. The van der Waals surface area contributed by atoms with Gasteiger partial charge in [0.1, 0.15) is 11.6 Å². The van der Waals surface area contributed by atoms with Crippen molar-refractivity contribution in [1.82, 2.24) is 0 Å². The Balaban J connectivity index is 1.32. The average molecular weight is 537 g/mol. The SMILES string of the molecule is CC1(C)c2ccccc2-c2c1cc1c3c(cccc23)-c2ccc(N(c3ccc(F)cc3)c3ccc(F)cc3)cc2N1. The molecule has 6 aromatic rings. The van der Waals surface area contributed by atoms with Crippen LogP contribution in [0.4, 0.5) is 37.2 Å². The lowest BCUT2D eigenvalue weighted by molar-refractivity contribution is 0.628. The maximum Gasteiger partial charge on any atom is 0.123 e. The number of hydrogen-bond donors (Lipinski definition) is 1. The van der Waals surface area contributed by atoms with Gasteiger partial charge in [-0.3, -0.25) is 0 Å². The van der Waals surface area contributed by atoms with Gasteiger partial charge in [-0.15, -0.1) is 0 Å². The second-order valence-electron chi connectivity index (χ2n) is 11.4. The fraction of sp³-hybridized carbons (Fsp3) is 0.0811. The van der Waals surface area contributed by atoms with Gasteiger partial charge in [0.05, 0.1) is 0 Å². The van der Waals surface area contributed by atoms with Crippen LogP contribution in [0.3, 0.4) is 0 Å². The van der Waals surface area contributed by atoms with Crippen molar-refractivity contribution in [2.45, 2.75) is 19.3 Å². The third-order valence-corrected chi connectivity index (χ3v) is 8.69. The predicted molar refractivity (Wildman–Crippen MR) is 165 cm³/mol. The molecule has 2 nitrogen and oxygen atoms in total. The van der Waals surface area contributed by atoms with Crippen LogP contribution in [-0.2, 0) is 5.41 Å². The Morgan fingerprint density at radius 1 is 0.561 bits per heavy atom. The lowest BCUT2D eigenvalue weighted by atomic mass is 9.80. The zero-order valence-electron chi connectivity index (χ0n) is 22.7. The molecule has 198 valence electrons. The van der Waals surface area contributed by atoms with Gasteiger partial charge in [0.15, 0.2) is 0 Å². The lowest BCUT2D eigenvalue weighted by Gasteiger charge is -2.29. The number of rotatable bonds is 3. The Kier molecular flexibility index (Phi) is 4.96. The van der Waals surface area contributed by atoms with Crippen LogP contribution < -0.4 is 10.2 Å². The Morgan fingerprint density at radius 3 is 1.90 bits per heavy atom. The molecule has 0 radical (unpaired) electrons. The third kappa shape index (κ3) is 3.47. The molecule has 0 fully saturated rings. The highest BCUT2D eigenvalue weighted by Gasteiger charge is 2.38. The summed E-state index contributed by atoms with van der Waals surface area (Å²) >= 11 is 0. The van der Waals surface area contributed by atoms with Crippen LogP contribution in [-0.4, -0.2) is 0 Å². The minimum atomic E-state index is -0.303. The zero-order valence-corrected chi connectivity index (χ0v) is 22.7. The molecule has 0 atom stereocenters. The molecular weight excluding hydrogens is 510 g/mol. The quantitative estimate of drug-likeness (QED) is 0.242. The van der Waals surface area contributed by atoms with Crippen molar-refractivity contribution in [3.8, 4) is 22.3 Å². The fourth-order valence-corrected chi connectivity index (χ4v) is 6.76. The minimum Gasteiger partial charge on any atom is -0.354 e. The molecule has 6 aromatic carbocycles. The largest absolute Gasteiger partial charge is 0.354 e. The Hall–Kier alpha value is -4.96. The molecule has 0 spiro atoms. The molecule has 0 aromatic heterocycles. The molecule has 1 N–H and O–H groups in total. The molecule has 41 heavy (non-hydrogen) atoms. The van der Waals surface area contributed by atoms with Gasteiger partial charge in [-0.05, 0) is 99.9 Å². The summed E-state index contributed by atoms with van der Waals surface area (Å²) in [6, 6.07) is 36.7. The number of halogens is 2. The first kappa shape index (κ1) is 23.9. The van der Waals surface area contributed by atoms with Crippen molar-refractivity contribution < 1.29 is 8.78 Å². The van der Waals surface area contributed by atoms with E-state index in [-0.39, 0.29) is 17.0 Å². The maximum atomic E-state index is 13.8. The molecule has 0 unspecified atom stereocenters. The summed E-state index contributed by atoms with van der Waals surface area (Å²) in [5.41, 5.74) is 12.1. The van der Waals surface area contributed by atoms with Crippen molar-refractivity contribution in [1.29, 1.82) is 0 Å². The van der Waals surface area contributed by atoms with Gasteiger partial charge in [-0.1, -0.05) is 62.4 Å². The summed E-state index contributed by atoms with van der Waals surface area (Å²) in [4.78, 5) is 2.01. The van der Waals surface area contributed by atoms with Gasteiger partial charge in [0.25, 0.3) is 0 Å². The highest BCUT2D eigenvalue weighted by molar-refractivity contribution is 6.17. The van der Waals surface area contributed by atoms with Crippen molar-refractivity contribution >= 4 is 39.2 Å². The van der Waals surface area contributed by atoms with Crippen LogP contribution in [0.2, 0.25) is 0 Å². The minimum absolute atomic E-state index is 0.113. The number of hydrogen-bond acceptors (Lipinski definition) is 2. The van der Waals surface area contributed by atoms with Crippen molar-refractivity contribution in [3.05, 3.63) is 138 Å². The van der Waals surface area contributed by atoms with Crippen molar-refractivity contribution in [2.24, 2.45) is 0 Å². The third-order valence-electron chi connectivity index (χ3n) is 8.69. The molecule has 0 saturated heterocycles. The highest BCUT2D eigenvalue weighted by atomic mass is 19.1. The van der Waals surface area contributed by atoms with Gasteiger partial charge in [0, 0.05) is 44.8 Å². The number of fused-ring (bicyclic) bond motifs is 6. The monoisotopic (exact) mass is 536 g/mol. The topological polar surface area (TPSA) is 15.3 Å². The van der Waals surface area contributed by atoms with Gasteiger partial charge < -0.3 is 10.2 Å². The molecule has 0 amide bonds. The van der Waals surface area contributed by atoms with E-state index in [0.717, 1.165) is 34.0 Å². The summed E-state index contributed by atoms with van der Waals surface area (Å²) in [7, 11) is 0. The normalized spacial score (nSPS) is 13.8. The molecule has 1 aliphatic carbocycles. The highest BCUT2D eigenvalue weighted by Crippen LogP contribution is 2.56. The fourth-order valence-electron chi connectivity index (χ4n) is 6.76. The number of nitrogens with zero attached hydrogens (tertiary/aromatic N) is 1. The van der Waals surface area contributed by atoms with Crippen LogP contribution in [0, 0.1) is 11.6 Å². The number of nitrogens with one attached hydrogen (secondary N) is 1. The van der Waals surface area contributed by atoms with Gasteiger partial charge in [0.2, 0.25) is 0 Å². The molecule has 8 rings (SSSR count). The smallest absolute Gasteiger partial charge is 0.123 e. The molecule has 1 aliphatic heterocycles. The first-order chi connectivity index (χ1) is 19.9. The maximum absolute atomic E-state index is 13.8. The molecule has 0 saturated carbocycles. The zero-order chi connectivity index (χ0) is 27.9. The Morgan fingerprint density at radius 2 is 1.20 bits per heavy atom. The van der Waals surface area contributed by atoms with Gasteiger partial charge in [-0.2, -0.15) is 0 Å². The van der Waals surface area contributed by atoms with E-state index in [1.807, 2.05) is 4.90 Å². The molecule has 0 bridgehead atoms. The molecule has 1 heterocycles. The van der Waals surface area contributed by atoms with E-state index >= 15 is 0 Å². The summed E-state index contributed by atoms with van der Waals surface area (Å²) in [6.07, 6.45) is 0. The van der Waals surface area contributed by atoms with Crippen LogP contribution in [0.5, 0.6) is 0 Å². The van der Waals surface area contributed by atoms with Crippen LogP contribution in [0.25, 0.3) is 33.0 Å². The summed E-state index contributed by atoms with van der Waals surface area (Å²) < 4.78 is 27.7. The van der Waals surface area contributed by atoms with Crippen LogP contribution in [0.15, 0.2) is 115 Å². The van der Waals surface area contributed by atoms with E-state index in [1.165, 1.54) is 62.9 Å². The Bertz CT molecular complexity index is 1960. The molecular formula is C37H26F2N2. The first-order valence-electron chi connectivity index (χ1n) is 13.8. The summed E-state index contributed by atoms with van der Waals surface area (Å²) in [5.74, 6) is -0.607. The number of benzene rings is 6. The van der Waals surface area contributed by atoms with Crippen molar-refractivity contribution in [2.75, 3.05) is 10.2 Å². The average Bonchev–Trinajstić information content (AvgIpc) is 3.22. The van der Waals surface area contributed by atoms with E-state index in [0.29, 0.717) is 0 Å². The van der Waals surface area contributed by atoms with Crippen LogP contribution in [0.1, 0.15) is 25.0 Å². The van der Waals surface area contributed by atoms with E-state index in [2.05, 4.69) is 85.9 Å². The van der Waals surface area contributed by atoms with E-state index in [1.54, 1.807) is 24.3 Å². The summed E-state index contributed by atoms with van der Waals surface area (Å²) in [5, 5.41) is 6.26. The first-order valence-corrected chi connectivity index (χ1v) is 13.8. The second-order valence-corrected chi connectivity index (χ2v) is 11.4. The van der Waals surface area contributed by atoms with Crippen LogP contribution >= 0.6 is 0 Å². The van der Waals surface area contributed by atoms with Crippen molar-refractivity contribution in [3.63, 3.8) is 0 Å². The standard InChI is InChI=1S/C37H26F2N2/c1-37(2)31-9-4-3-6-29(31)35-30-8-5-7-28-27-19-18-26(20-33(27)40-34(36(28)30)21-32(35)37)41(24-14-10-22(38)11-15-24)25-16-12-23(39)13-17-25/h3-21,40H,1-2H3. The Labute approximate surface area is 237 Å². The van der Waals surface area contributed by atoms with E-state index < -0.39 is 0 Å². The second kappa shape index (κ2) is 8.52. The van der Waals surface area contributed by atoms with Gasteiger partial charge in [-0.25, -0.2) is 8.78 Å². The van der Waals surface area contributed by atoms with Gasteiger partial charge >= 0.3 is 0 Å². The summed E-state index contributed by atoms with van der Waals surface area (Å²) in [6.45, 7) is 4.61. The van der Waals surface area contributed by atoms with E-state index in [4.69, 9.17) is 0 Å². The molecule has 4 heteroatoms. The lowest BCUT2D eigenvalue weighted by Crippen LogP contribution is -2.15. The number of anilines is 5.